The highest BCUT2D eigenvalue weighted by atomic mass is 35.5. The van der Waals surface area contributed by atoms with Crippen molar-refractivity contribution >= 4 is 17.4 Å². The van der Waals surface area contributed by atoms with Crippen molar-refractivity contribution in [2.75, 3.05) is 0 Å². The molecule has 3 nitrogen and oxygen atoms in total. The summed E-state index contributed by atoms with van der Waals surface area (Å²) in [6.07, 6.45) is 1.01. The van der Waals surface area contributed by atoms with Crippen LogP contribution in [0.4, 0.5) is 8.78 Å². The molecule has 0 unspecified atom stereocenters. The Bertz CT molecular complexity index is 644. The van der Waals surface area contributed by atoms with Crippen LogP contribution in [0.2, 0.25) is 5.02 Å². The zero-order valence-corrected chi connectivity index (χ0v) is 11.2. The molecule has 2 rings (SSSR count). The molecule has 0 saturated heterocycles. The van der Waals surface area contributed by atoms with Crippen molar-refractivity contribution in [1.82, 2.24) is 4.98 Å². The average molecular weight is 298 g/mol. The van der Waals surface area contributed by atoms with Crippen LogP contribution in [0.5, 0.6) is 5.88 Å². The van der Waals surface area contributed by atoms with Gasteiger partial charge in [-0.2, -0.15) is 0 Å². The van der Waals surface area contributed by atoms with Gasteiger partial charge in [-0.3, -0.25) is 4.79 Å². The first-order valence-corrected chi connectivity index (χ1v) is 6.08. The number of ketones is 1. The fraction of sp³-hybridized carbons (Fsp3) is 0.143. The molecular formula is C14H10ClF2NO2. The van der Waals surface area contributed by atoms with E-state index in [1.807, 2.05) is 0 Å². The maximum absolute atomic E-state index is 13.7. The number of pyridine rings is 1. The predicted molar refractivity (Wildman–Crippen MR) is 69.9 cm³/mol. The van der Waals surface area contributed by atoms with Crippen molar-refractivity contribution in [3.8, 4) is 5.88 Å². The molecule has 0 aliphatic rings. The van der Waals surface area contributed by atoms with Gasteiger partial charge >= 0.3 is 0 Å². The molecule has 20 heavy (non-hydrogen) atoms. The third-order valence-corrected chi connectivity index (χ3v) is 2.94. The first-order valence-electron chi connectivity index (χ1n) is 5.70. The Morgan fingerprint density at radius 1 is 1.35 bits per heavy atom. The van der Waals surface area contributed by atoms with E-state index in [0.717, 1.165) is 12.3 Å². The zero-order chi connectivity index (χ0) is 14.7. The first-order chi connectivity index (χ1) is 9.47. The summed E-state index contributed by atoms with van der Waals surface area (Å²) in [6.45, 7) is 1.22. The molecule has 0 N–H and O–H groups in total. The topological polar surface area (TPSA) is 39.2 Å². The molecule has 1 aromatic heterocycles. The molecule has 0 saturated carbocycles. The van der Waals surface area contributed by atoms with Gasteiger partial charge in [0, 0.05) is 16.7 Å². The second kappa shape index (κ2) is 5.96. The maximum atomic E-state index is 13.7. The number of aromatic nitrogens is 1. The standard InChI is InChI=1S/C14H10ClF2NO2/c1-8(19)11-5-12(15)9(4-13(11)17)7-20-14-3-2-10(16)6-18-14/h2-6H,7H2,1H3. The van der Waals surface area contributed by atoms with E-state index < -0.39 is 17.4 Å². The molecule has 0 aliphatic carbocycles. The second-order valence-corrected chi connectivity index (χ2v) is 4.49. The summed E-state index contributed by atoms with van der Waals surface area (Å²) < 4.78 is 31.6. The highest BCUT2D eigenvalue weighted by molar-refractivity contribution is 6.31. The van der Waals surface area contributed by atoms with Gasteiger partial charge in [0.15, 0.2) is 5.78 Å². The van der Waals surface area contributed by atoms with Crippen LogP contribution in [0.3, 0.4) is 0 Å². The quantitative estimate of drug-likeness (QED) is 0.806. The van der Waals surface area contributed by atoms with E-state index in [4.69, 9.17) is 16.3 Å². The van der Waals surface area contributed by atoms with Crippen LogP contribution in [-0.2, 0) is 6.61 Å². The fourth-order valence-corrected chi connectivity index (χ4v) is 1.79. The summed E-state index contributed by atoms with van der Waals surface area (Å²) >= 11 is 5.96. The summed E-state index contributed by atoms with van der Waals surface area (Å²) in [6, 6.07) is 4.95. The highest BCUT2D eigenvalue weighted by Gasteiger charge is 2.12. The van der Waals surface area contributed by atoms with Crippen molar-refractivity contribution in [2.45, 2.75) is 13.5 Å². The molecule has 0 bridgehead atoms. The molecule has 1 aromatic carbocycles. The smallest absolute Gasteiger partial charge is 0.213 e. The van der Waals surface area contributed by atoms with Gasteiger partial charge in [0.25, 0.3) is 0 Å². The molecule has 0 amide bonds. The number of nitrogens with zero attached hydrogens (tertiary/aromatic N) is 1. The van der Waals surface area contributed by atoms with Gasteiger partial charge in [0.1, 0.15) is 18.2 Å². The number of Topliss-reactive ketones (excluding diaryl/α,β-unsaturated/α-hetero) is 1. The largest absolute Gasteiger partial charge is 0.473 e. The summed E-state index contributed by atoms with van der Waals surface area (Å²) in [5.41, 5.74) is 0.305. The zero-order valence-electron chi connectivity index (χ0n) is 10.5. The fourth-order valence-electron chi connectivity index (χ4n) is 1.57. The number of ether oxygens (including phenoxy) is 1. The molecule has 0 atom stereocenters. The van der Waals surface area contributed by atoms with E-state index in [9.17, 15) is 13.6 Å². The van der Waals surface area contributed by atoms with Gasteiger partial charge in [-0.25, -0.2) is 13.8 Å². The first kappa shape index (κ1) is 14.4. The number of halogens is 3. The lowest BCUT2D eigenvalue weighted by Crippen LogP contribution is -2.03. The van der Waals surface area contributed by atoms with E-state index >= 15 is 0 Å². The van der Waals surface area contributed by atoms with Gasteiger partial charge in [0.05, 0.1) is 11.8 Å². The minimum Gasteiger partial charge on any atom is -0.473 e. The van der Waals surface area contributed by atoms with Gasteiger partial charge < -0.3 is 4.74 Å². The second-order valence-electron chi connectivity index (χ2n) is 4.08. The molecule has 104 valence electrons. The number of hydrogen-bond acceptors (Lipinski definition) is 3. The molecular weight excluding hydrogens is 288 g/mol. The Morgan fingerprint density at radius 2 is 2.10 bits per heavy atom. The molecule has 0 aliphatic heterocycles. The third-order valence-electron chi connectivity index (χ3n) is 2.59. The predicted octanol–water partition coefficient (Wildman–Crippen LogP) is 3.79. The van der Waals surface area contributed by atoms with Crippen LogP contribution in [0.1, 0.15) is 22.8 Å². The van der Waals surface area contributed by atoms with Gasteiger partial charge in [0.2, 0.25) is 5.88 Å². The lowest BCUT2D eigenvalue weighted by molar-refractivity contribution is 0.101. The van der Waals surface area contributed by atoms with E-state index in [-0.39, 0.29) is 23.1 Å². The van der Waals surface area contributed by atoms with Crippen LogP contribution >= 0.6 is 11.6 Å². The Kier molecular flexibility index (Phi) is 4.29. The van der Waals surface area contributed by atoms with Crippen molar-refractivity contribution in [2.24, 2.45) is 0 Å². The molecule has 0 radical (unpaired) electrons. The molecule has 2 aromatic rings. The summed E-state index contributed by atoms with van der Waals surface area (Å²) in [7, 11) is 0. The number of carbonyl (C=O) groups is 1. The van der Waals surface area contributed by atoms with E-state index in [1.165, 1.54) is 25.1 Å². The molecule has 0 fully saturated rings. The van der Waals surface area contributed by atoms with Crippen LogP contribution in [-0.4, -0.2) is 10.8 Å². The minimum atomic E-state index is -0.660. The minimum absolute atomic E-state index is 0.0351. The number of benzene rings is 1. The van der Waals surface area contributed by atoms with Crippen molar-refractivity contribution in [1.29, 1.82) is 0 Å². The van der Waals surface area contributed by atoms with Crippen molar-refractivity contribution in [3.05, 3.63) is 58.2 Å². The SMILES string of the molecule is CC(=O)c1cc(Cl)c(COc2ccc(F)cn2)cc1F. The Hall–Kier alpha value is -2.01. The number of carbonyl (C=O) groups excluding carboxylic acids is 1. The molecule has 6 heteroatoms. The van der Waals surface area contributed by atoms with E-state index in [1.54, 1.807) is 0 Å². The third kappa shape index (κ3) is 3.30. The number of rotatable bonds is 4. The monoisotopic (exact) mass is 297 g/mol. The van der Waals surface area contributed by atoms with Crippen LogP contribution < -0.4 is 4.74 Å². The summed E-state index contributed by atoms with van der Waals surface area (Å²) in [4.78, 5) is 14.9. The lowest BCUT2D eigenvalue weighted by Gasteiger charge is -2.09. The lowest BCUT2D eigenvalue weighted by atomic mass is 10.1. The molecule has 1 heterocycles. The Morgan fingerprint density at radius 3 is 2.70 bits per heavy atom. The molecule has 0 spiro atoms. The highest BCUT2D eigenvalue weighted by Crippen LogP contribution is 2.22. The summed E-state index contributed by atoms with van der Waals surface area (Å²) in [5, 5.41) is 0.221. The van der Waals surface area contributed by atoms with Crippen molar-refractivity contribution < 1.29 is 18.3 Å². The maximum Gasteiger partial charge on any atom is 0.213 e. The van der Waals surface area contributed by atoms with Gasteiger partial charge in [-0.05, 0) is 25.1 Å². The van der Waals surface area contributed by atoms with Crippen molar-refractivity contribution in [3.63, 3.8) is 0 Å². The Balaban J connectivity index is 2.16. The van der Waals surface area contributed by atoms with Crippen LogP contribution in [0, 0.1) is 11.6 Å². The van der Waals surface area contributed by atoms with E-state index in [2.05, 4.69) is 4.98 Å². The van der Waals surface area contributed by atoms with Gasteiger partial charge in [-0.1, -0.05) is 11.6 Å². The average Bonchev–Trinajstić information content (AvgIpc) is 2.41. The summed E-state index contributed by atoms with van der Waals surface area (Å²) in [5.74, 6) is -1.35. The van der Waals surface area contributed by atoms with Gasteiger partial charge in [-0.15, -0.1) is 0 Å². The van der Waals surface area contributed by atoms with Crippen LogP contribution in [0.15, 0.2) is 30.5 Å². The normalized spacial score (nSPS) is 10.4. The Labute approximate surface area is 119 Å². The van der Waals surface area contributed by atoms with Crippen LogP contribution in [0.25, 0.3) is 0 Å². The number of hydrogen-bond donors (Lipinski definition) is 0. The van der Waals surface area contributed by atoms with E-state index in [0.29, 0.717) is 5.56 Å².